The number of rotatable bonds is 6. The molecule has 0 bridgehead atoms. The summed E-state index contributed by atoms with van der Waals surface area (Å²) in [6, 6.07) is 18.2. The molecule has 1 N–H and O–H groups in total. The molecule has 10 heteroatoms. The van der Waals surface area contributed by atoms with Crippen molar-refractivity contribution >= 4 is 28.8 Å². The summed E-state index contributed by atoms with van der Waals surface area (Å²) in [6.45, 7) is 0.0596. The first-order valence-electron chi connectivity index (χ1n) is 10.1. The van der Waals surface area contributed by atoms with Gasteiger partial charge in [0.05, 0.1) is 21.5 Å². The van der Waals surface area contributed by atoms with Gasteiger partial charge in [-0.3, -0.25) is 29.8 Å². The molecule has 34 heavy (non-hydrogen) atoms. The van der Waals surface area contributed by atoms with E-state index in [1.54, 1.807) is 30.3 Å². The number of benzene rings is 3. The van der Waals surface area contributed by atoms with Crippen molar-refractivity contribution < 1.29 is 24.5 Å². The van der Waals surface area contributed by atoms with Crippen LogP contribution in [0.1, 0.15) is 22.7 Å². The van der Waals surface area contributed by atoms with E-state index < -0.39 is 33.3 Å². The molecule has 4 rings (SSSR count). The number of nitro groups is 2. The van der Waals surface area contributed by atoms with E-state index >= 15 is 0 Å². The number of likely N-dealkylation sites (tertiary alicyclic amines) is 1. The van der Waals surface area contributed by atoms with Gasteiger partial charge in [-0.25, -0.2) is 0 Å². The van der Waals surface area contributed by atoms with Crippen molar-refractivity contribution in [1.82, 2.24) is 4.90 Å². The zero-order valence-electron chi connectivity index (χ0n) is 17.5. The van der Waals surface area contributed by atoms with Gasteiger partial charge in [0, 0.05) is 36.4 Å². The molecule has 1 atom stereocenters. The molecule has 3 aromatic rings. The van der Waals surface area contributed by atoms with Gasteiger partial charge in [0.2, 0.25) is 0 Å². The van der Waals surface area contributed by atoms with E-state index in [1.807, 2.05) is 0 Å². The van der Waals surface area contributed by atoms with Crippen molar-refractivity contribution in [3.8, 4) is 0 Å². The third-order valence-corrected chi connectivity index (χ3v) is 5.51. The quantitative estimate of drug-likeness (QED) is 0.192. The summed E-state index contributed by atoms with van der Waals surface area (Å²) in [7, 11) is 0. The number of amides is 1. The molecule has 0 saturated carbocycles. The molecule has 1 aliphatic rings. The van der Waals surface area contributed by atoms with E-state index in [0.29, 0.717) is 5.56 Å². The van der Waals surface area contributed by atoms with Crippen molar-refractivity contribution in [2.45, 2.75) is 12.6 Å². The van der Waals surface area contributed by atoms with Crippen LogP contribution in [0.25, 0.3) is 5.76 Å². The summed E-state index contributed by atoms with van der Waals surface area (Å²) in [5, 5.41) is 33.0. The number of carbonyl (C=O) groups excluding carboxylic acids is 2. The maximum atomic E-state index is 13.0. The third kappa shape index (κ3) is 4.11. The van der Waals surface area contributed by atoms with Gasteiger partial charge in [-0.15, -0.1) is 0 Å². The lowest BCUT2D eigenvalue weighted by atomic mass is 9.95. The van der Waals surface area contributed by atoms with E-state index in [9.17, 15) is 34.9 Å². The first kappa shape index (κ1) is 22.3. The van der Waals surface area contributed by atoms with E-state index in [2.05, 4.69) is 0 Å². The lowest BCUT2D eigenvalue weighted by Gasteiger charge is -2.25. The molecule has 0 radical (unpaired) electrons. The molecule has 3 aromatic carbocycles. The standard InChI is InChI=1S/C24H17N3O7/c28-22(17-8-12-19(13-9-17)27(33)34)20-21(16-6-10-18(11-7-16)26(31)32)25(24(30)23(20)29)14-15-4-2-1-3-5-15/h1-13,21,28H,14H2/t21-/m1/s1. The Morgan fingerprint density at radius 1 is 0.824 bits per heavy atom. The van der Waals surface area contributed by atoms with Crippen molar-refractivity contribution in [1.29, 1.82) is 0 Å². The predicted molar refractivity (Wildman–Crippen MR) is 120 cm³/mol. The highest BCUT2D eigenvalue weighted by Gasteiger charge is 2.46. The average molecular weight is 459 g/mol. The lowest BCUT2D eigenvalue weighted by molar-refractivity contribution is -0.385. The van der Waals surface area contributed by atoms with Crippen molar-refractivity contribution in [2.75, 3.05) is 0 Å². The van der Waals surface area contributed by atoms with Crippen LogP contribution < -0.4 is 0 Å². The molecular weight excluding hydrogens is 442 g/mol. The smallest absolute Gasteiger partial charge is 0.295 e. The molecule has 1 heterocycles. The Kier molecular flexibility index (Phi) is 5.88. The normalized spacial score (nSPS) is 17.1. The van der Waals surface area contributed by atoms with Crippen molar-refractivity contribution in [2.24, 2.45) is 0 Å². The number of nitro benzene ring substituents is 2. The number of non-ortho nitro benzene ring substituents is 2. The van der Waals surface area contributed by atoms with E-state index in [4.69, 9.17) is 0 Å². The number of nitrogens with zero attached hydrogens (tertiary/aromatic N) is 3. The molecule has 0 aromatic heterocycles. The topological polar surface area (TPSA) is 144 Å². The van der Waals surface area contributed by atoms with Gasteiger partial charge in [-0.1, -0.05) is 30.3 Å². The van der Waals surface area contributed by atoms with Crippen LogP contribution in [0.2, 0.25) is 0 Å². The Morgan fingerprint density at radius 2 is 1.35 bits per heavy atom. The number of hydrogen-bond donors (Lipinski definition) is 1. The number of aliphatic hydroxyl groups excluding tert-OH is 1. The fourth-order valence-electron chi connectivity index (χ4n) is 3.84. The molecule has 0 unspecified atom stereocenters. The highest BCUT2D eigenvalue weighted by molar-refractivity contribution is 6.46. The second kappa shape index (κ2) is 8.94. The summed E-state index contributed by atoms with van der Waals surface area (Å²) in [4.78, 5) is 48.1. The van der Waals surface area contributed by atoms with Gasteiger partial charge >= 0.3 is 0 Å². The van der Waals surface area contributed by atoms with Gasteiger partial charge < -0.3 is 10.0 Å². The highest BCUT2D eigenvalue weighted by atomic mass is 16.6. The van der Waals surface area contributed by atoms with Crippen molar-refractivity contribution in [3.05, 3.63) is 121 Å². The maximum absolute atomic E-state index is 13.0. The van der Waals surface area contributed by atoms with Crippen LogP contribution in [0.5, 0.6) is 0 Å². The second-order valence-electron chi connectivity index (χ2n) is 7.57. The fourth-order valence-corrected chi connectivity index (χ4v) is 3.84. The zero-order chi connectivity index (χ0) is 24.4. The summed E-state index contributed by atoms with van der Waals surface area (Å²) >= 11 is 0. The fraction of sp³-hybridized carbons (Fsp3) is 0.0833. The molecule has 1 aliphatic heterocycles. The minimum atomic E-state index is -1.02. The van der Waals surface area contributed by atoms with Crippen LogP contribution in [0.15, 0.2) is 84.4 Å². The number of carbonyl (C=O) groups is 2. The first-order chi connectivity index (χ1) is 16.3. The minimum absolute atomic E-state index is 0.0596. The SMILES string of the molecule is O=C1C(=O)N(Cc2ccccc2)[C@H](c2ccc([N+](=O)[O-])cc2)C1=C(O)c1ccc([N+](=O)[O-])cc1. The summed E-state index contributed by atoms with van der Waals surface area (Å²) in [6.07, 6.45) is 0. The summed E-state index contributed by atoms with van der Waals surface area (Å²) in [5.41, 5.74) is 0.682. The van der Waals surface area contributed by atoms with Crippen LogP contribution in [-0.4, -0.2) is 31.5 Å². The first-order valence-corrected chi connectivity index (χ1v) is 10.1. The predicted octanol–water partition coefficient (Wildman–Crippen LogP) is 4.12. The van der Waals surface area contributed by atoms with E-state index in [1.165, 1.54) is 53.4 Å². The minimum Gasteiger partial charge on any atom is -0.507 e. The largest absolute Gasteiger partial charge is 0.507 e. The number of Topliss-reactive ketones (excluding diaryl/α,β-unsaturated/α-hetero) is 1. The highest BCUT2D eigenvalue weighted by Crippen LogP contribution is 2.40. The van der Waals surface area contributed by atoms with E-state index in [0.717, 1.165) is 5.56 Å². The van der Waals surface area contributed by atoms with Gasteiger partial charge in [0.1, 0.15) is 5.76 Å². The molecule has 0 aliphatic carbocycles. The Bertz CT molecular complexity index is 1320. The Labute approximate surface area is 192 Å². The van der Waals surface area contributed by atoms with Crippen LogP contribution in [0.4, 0.5) is 11.4 Å². The Morgan fingerprint density at radius 3 is 1.88 bits per heavy atom. The van der Waals surface area contributed by atoms with Crippen LogP contribution in [0, 0.1) is 20.2 Å². The van der Waals surface area contributed by atoms with Crippen LogP contribution in [0.3, 0.4) is 0 Å². The second-order valence-corrected chi connectivity index (χ2v) is 7.57. The van der Waals surface area contributed by atoms with Crippen LogP contribution in [-0.2, 0) is 16.1 Å². The molecule has 0 spiro atoms. The molecule has 170 valence electrons. The molecule has 1 saturated heterocycles. The molecule has 1 amide bonds. The number of aliphatic hydroxyl groups is 1. The maximum Gasteiger partial charge on any atom is 0.295 e. The molecule has 1 fully saturated rings. The van der Waals surface area contributed by atoms with E-state index in [-0.39, 0.29) is 29.1 Å². The van der Waals surface area contributed by atoms with Gasteiger partial charge in [-0.05, 0) is 35.4 Å². The van der Waals surface area contributed by atoms with Gasteiger partial charge in [-0.2, -0.15) is 0 Å². The lowest BCUT2D eigenvalue weighted by Crippen LogP contribution is -2.29. The summed E-state index contributed by atoms with van der Waals surface area (Å²) < 4.78 is 0. The monoisotopic (exact) mass is 459 g/mol. The number of ketones is 1. The molecule has 10 nitrogen and oxygen atoms in total. The third-order valence-electron chi connectivity index (χ3n) is 5.51. The average Bonchev–Trinajstić information content (AvgIpc) is 3.09. The number of hydrogen-bond acceptors (Lipinski definition) is 7. The van der Waals surface area contributed by atoms with Crippen molar-refractivity contribution in [3.63, 3.8) is 0 Å². The molecular formula is C24H17N3O7. The summed E-state index contributed by atoms with van der Waals surface area (Å²) in [5.74, 6) is -2.25. The Hall–Kier alpha value is -4.86. The van der Waals surface area contributed by atoms with Gasteiger partial charge in [0.15, 0.2) is 0 Å². The van der Waals surface area contributed by atoms with Gasteiger partial charge in [0.25, 0.3) is 23.1 Å². The van der Waals surface area contributed by atoms with Crippen LogP contribution >= 0.6 is 0 Å². The Balaban J connectivity index is 1.84. The zero-order valence-corrected chi connectivity index (χ0v) is 17.5.